The average Bonchev–Trinajstić information content (AvgIpc) is 2.47. The largest absolute Gasteiger partial charge is 0.548 e. The molecule has 1 amide bonds. The first-order valence-electron chi connectivity index (χ1n) is 5.43. The van der Waals surface area contributed by atoms with Crippen LogP contribution in [0.5, 0.6) is 0 Å². The van der Waals surface area contributed by atoms with Crippen LogP contribution in [0.1, 0.15) is 6.42 Å². The second-order valence-electron chi connectivity index (χ2n) is 5.13. The number of carbonyl (C=O) groups is 1. The van der Waals surface area contributed by atoms with Crippen LogP contribution in [0, 0.1) is 5.92 Å². The molecule has 1 fully saturated rings. The molecule has 0 aromatic carbocycles. The predicted molar refractivity (Wildman–Crippen MR) is 67.2 cm³/mol. The first-order chi connectivity index (χ1) is 6.79. The van der Waals surface area contributed by atoms with Crippen LogP contribution in [0.4, 0.5) is 4.79 Å². The molecule has 3 nitrogen and oxygen atoms in total. The summed E-state index contributed by atoms with van der Waals surface area (Å²) in [4.78, 5) is 13.0. The minimum atomic E-state index is -1.54. The Bertz CT molecular complexity index is 275. The van der Waals surface area contributed by atoms with Gasteiger partial charge in [0, 0.05) is 19.0 Å². The van der Waals surface area contributed by atoms with E-state index < -0.39 is 8.32 Å². The lowest BCUT2D eigenvalue weighted by molar-refractivity contribution is 0.229. The molecule has 1 saturated heterocycles. The van der Waals surface area contributed by atoms with Crippen LogP contribution in [0.25, 0.3) is 0 Å². The minimum Gasteiger partial charge on any atom is -0.548 e. The molecular weight excluding hydrogens is 205 g/mol. The van der Waals surface area contributed by atoms with Crippen molar-refractivity contribution in [1.29, 1.82) is 0 Å². The van der Waals surface area contributed by atoms with E-state index in [1.807, 2.05) is 4.90 Å². The standard InChI is InChI=1S/C10H20BNO2Si/c1-8(14-15(2,3)4)9-5-6-12(7-9)10(11)13/h9H,1,5-7,11H2,2-4H3. The summed E-state index contributed by atoms with van der Waals surface area (Å²) < 4.78 is 5.86. The highest BCUT2D eigenvalue weighted by Crippen LogP contribution is 2.25. The number of hydrogen-bond donors (Lipinski definition) is 0. The van der Waals surface area contributed by atoms with Gasteiger partial charge in [0.15, 0.2) is 5.81 Å². The van der Waals surface area contributed by atoms with Gasteiger partial charge in [-0.3, -0.25) is 4.79 Å². The molecule has 0 aromatic heterocycles. The van der Waals surface area contributed by atoms with Gasteiger partial charge in [0.05, 0.1) is 5.76 Å². The summed E-state index contributed by atoms with van der Waals surface area (Å²) in [6.07, 6.45) is 0.989. The molecule has 0 radical (unpaired) electrons. The lowest BCUT2D eigenvalue weighted by Gasteiger charge is -2.24. The van der Waals surface area contributed by atoms with Crippen molar-refractivity contribution in [2.75, 3.05) is 13.1 Å². The Labute approximate surface area is 94.0 Å². The van der Waals surface area contributed by atoms with E-state index in [1.165, 1.54) is 0 Å². The molecule has 0 aliphatic carbocycles. The van der Waals surface area contributed by atoms with Gasteiger partial charge in [-0.25, -0.2) is 0 Å². The molecule has 5 heteroatoms. The Balaban J connectivity index is 2.47. The Hall–Kier alpha value is -0.708. The van der Waals surface area contributed by atoms with Crippen LogP contribution in [-0.2, 0) is 4.43 Å². The average molecular weight is 225 g/mol. The van der Waals surface area contributed by atoms with Crippen LogP contribution < -0.4 is 0 Å². The fraction of sp³-hybridized carbons (Fsp3) is 0.700. The van der Waals surface area contributed by atoms with Crippen molar-refractivity contribution in [2.24, 2.45) is 5.92 Å². The van der Waals surface area contributed by atoms with Gasteiger partial charge in [-0.1, -0.05) is 6.58 Å². The first-order valence-corrected chi connectivity index (χ1v) is 8.84. The zero-order valence-corrected chi connectivity index (χ0v) is 11.2. The Kier molecular flexibility index (Phi) is 3.65. The van der Waals surface area contributed by atoms with Gasteiger partial charge in [-0.2, -0.15) is 0 Å². The molecule has 0 spiro atoms. The van der Waals surface area contributed by atoms with Gasteiger partial charge in [0.2, 0.25) is 16.2 Å². The van der Waals surface area contributed by atoms with E-state index in [1.54, 1.807) is 7.85 Å². The van der Waals surface area contributed by atoms with Crippen molar-refractivity contribution < 1.29 is 9.22 Å². The molecule has 0 bridgehead atoms. The van der Waals surface area contributed by atoms with Crippen LogP contribution in [0.15, 0.2) is 12.3 Å². The van der Waals surface area contributed by atoms with Crippen LogP contribution in [0.2, 0.25) is 19.6 Å². The highest BCUT2D eigenvalue weighted by Gasteiger charge is 2.29. The van der Waals surface area contributed by atoms with Gasteiger partial charge in [0.1, 0.15) is 0 Å². The van der Waals surface area contributed by atoms with Crippen molar-refractivity contribution >= 4 is 22.0 Å². The lowest BCUT2D eigenvalue weighted by Crippen LogP contribution is -2.30. The van der Waals surface area contributed by atoms with Gasteiger partial charge >= 0.3 is 0 Å². The van der Waals surface area contributed by atoms with E-state index in [2.05, 4.69) is 26.2 Å². The monoisotopic (exact) mass is 225 g/mol. The number of likely N-dealkylation sites (tertiary alicyclic amines) is 1. The molecule has 1 unspecified atom stereocenters. The SMILES string of the molecule is BC(=O)N1CCC(C(=C)O[Si](C)(C)C)C1. The summed E-state index contributed by atoms with van der Waals surface area (Å²) in [6.45, 7) is 12.1. The highest BCUT2D eigenvalue weighted by molar-refractivity contribution is 6.70. The van der Waals surface area contributed by atoms with Crippen molar-refractivity contribution in [3.05, 3.63) is 12.3 Å². The molecule has 1 atom stereocenters. The number of carbonyl (C=O) groups excluding carboxylic acids is 1. The molecule has 1 aliphatic heterocycles. The minimum absolute atomic E-state index is 0.151. The fourth-order valence-corrected chi connectivity index (χ4v) is 2.74. The topological polar surface area (TPSA) is 29.5 Å². The Morgan fingerprint density at radius 2 is 2.13 bits per heavy atom. The summed E-state index contributed by atoms with van der Waals surface area (Å²) in [5, 5.41) is 0. The molecule has 0 aromatic rings. The van der Waals surface area contributed by atoms with E-state index in [0.717, 1.165) is 25.3 Å². The Morgan fingerprint density at radius 1 is 1.53 bits per heavy atom. The normalized spacial score (nSPS) is 21.5. The molecule has 0 saturated carbocycles. The second kappa shape index (κ2) is 4.43. The summed E-state index contributed by atoms with van der Waals surface area (Å²) in [5.41, 5.74) is 0. The maximum Gasteiger partial charge on any atom is 0.241 e. The quantitative estimate of drug-likeness (QED) is 0.537. The molecule has 1 aliphatic rings. The van der Waals surface area contributed by atoms with Crippen molar-refractivity contribution in [2.45, 2.75) is 26.1 Å². The third-order valence-corrected chi connectivity index (χ3v) is 3.40. The maximum atomic E-state index is 11.2. The number of hydrogen-bond acceptors (Lipinski definition) is 2. The Morgan fingerprint density at radius 3 is 2.53 bits per heavy atom. The summed E-state index contributed by atoms with van der Waals surface area (Å²) in [6, 6.07) is 0. The molecule has 1 heterocycles. The van der Waals surface area contributed by atoms with E-state index >= 15 is 0 Å². The molecule has 15 heavy (non-hydrogen) atoms. The van der Waals surface area contributed by atoms with Gasteiger partial charge in [-0.05, 0) is 26.1 Å². The van der Waals surface area contributed by atoms with Crippen molar-refractivity contribution in [1.82, 2.24) is 4.90 Å². The van der Waals surface area contributed by atoms with Gasteiger partial charge < -0.3 is 9.33 Å². The predicted octanol–water partition coefficient (Wildman–Crippen LogP) is 1.43. The highest BCUT2D eigenvalue weighted by atomic mass is 28.4. The third kappa shape index (κ3) is 3.74. The zero-order chi connectivity index (χ0) is 11.6. The van der Waals surface area contributed by atoms with Crippen LogP contribution >= 0.6 is 0 Å². The maximum absolute atomic E-state index is 11.2. The van der Waals surface area contributed by atoms with E-state index in [4.69, 9.17) is 4.43 Å². The smallest absolute Gasteiger partial charge is 0.241 e. The fourth-order valence-electron chi connectivity index (χ4n) is 1.79. The summed E-state index contributed by atoms with van der Waals surface area (Å²) in [7, 11) is 0.0756. The molecule has 84 valence electrons. The molecular formula is C10H20BNO2Si. The first kappa shape index (κ1) is 12.4. The zero-order valence-electron chi connectivity index (χ0n) is 10.2. The second-order valence-corrected chi connectivity index (χ2v) is 9.56. The van der Waals surface area contributed by atoms with Gasteiger partial charge in [0.25, 0.3) is 0 Å². The van der Waals surface area contributed by atoms with Crippen LogP contribution in [0.3, 0.4) is 0 Å². The van der Waals surface area contributed by atoms with E-state index in [9.17, 15) is 4.79 Å². The third-order valence-electron chi connectivity index (χ3n) is 2.53. The number of rotatable bonds is 3. The van der Waals surface area contributed by atoms with Crippen molar-refractivity contribution in [3.63, 3.8) is 0 Å². The number of amides is 1. The number of nitrogens with zero attached hydrogens (tertiary/aromatic N) is 1. The molecule has 0 N–H and O–H groups in total. The molecule has 1 rings (SSSR count). The summed E-state index contributed by atoms with van der Waals surface area (Å²) in [5.74, 6) is 1.36. The van der Waals surface area contributed by atoms with Gasteiger partial charge in [-0.15, -0.1) is 0 Å². The van der Waals surface area contributed by atoms with E-state index in [-0.39, 0.29) is 5.81 Å². The van der Waals surface area contributed by atoms with E-state index in [0.29, 0.717) is 5.92 Å². The summed E-state index contributed by atoms with van der Waals surface area (Å²) >= 11 is 0. The lowest BCUT2D eigenvalue weighted by atomic mass is 10.1. The van der Waals surface area contributed by atoms with Crippen LogP contribution in [-0.4, -0.2) is 40.0 Å². The van der Waals surface area contributed by atoms with Crippen molar-refractivity contribution in [3.8, 4) is 0 Å².